The van der Waals surface area contributed by atoms with Gasteiger partial charge >= 0.3 is 0 Å². The highest BCUT2D eigenvalue weighted by Gasteiger charge is 2.26. The normalized spacial score (nSPS) is 17.3. The molecule has 0 fully saturated rings. The fourth-order valence-corrected chi connectivity index (χ4v) is 2.89. The van der Waals surface area contributed by atoms with Gasteiger partial charge in [-0.15, -0.1) is 0 Å². The molecule has 1 atom stereocenters. The Hall–Kier alpha value is -1.80. The molecular formula is C17H19NO. The van der Waals surface area contributed by atoms with E-state index >= 15 is 0 Å². The van der Waals surface area contributed by atoms with Gasteiger partial charge in [0.1, 0.15) is 5.75 Å². The fourth-order valence-electron chi connectivity index (χ4n) is 2.89. The van der Waals surface area contributed by atoms with Crippen molar-refractivity contribution in [1.82, 2.24) is 5.32 Å². The van der Waals surface area contributed by atoms with Gasteiger partial charge in [0.15, 0.2) is 0 Å². The second-order valence-corrected chi connectivity index (χ2v) is 5.14. The van der Waals surface area contributed by atoms with Crippen molar-refractivity contribution in [2.45, 2.75) is 26.4 Å². The number of nitrogens with one attached hydrogen (secondary N) is 1. The smallest absolute Gasteiger partial charge is 0.127 e. The molecule has 1 N–H and O–H groups in total. The fraction of sp³-hybridized carbons (Fsp3) is 0.294. The summed E-state index contributed by atoms with van der Waals surface area (Å²) in [5, 5.41) is 3.58. The van der Waals surface area contributed by atoms with Crippen molar-refractivity contribution in [1.29, 1.82) is 0 Å². The van der Waals surface area contributed by atoms with Crippen molar-refractivity contribution in [2.75, 3.05) is 7.11 Å². The van der Waals surface area contributed by atoms with E-state index in [4.69, 9.17) is 4.74 Å². The third-order valence-electron chi connectivity index (χ3n) is 4.09. The summed E-state index contributed by atoms with van der Waals surface area (Å²) in [6.45, 7) is 5.17. The van der Waals surface area contributed by atoms with Crippen molar-refractivity contribution in [3.63, 3.8) is 0 Å². The number of fused-ring (bicyclic) bond motifs is 1. The molecule has 0 saturated carbocycles. The van der Waals surface area contributed by atoms with Crippen LogP contribution in [0.15, 0.2) is 36.4 Å². The molecule has 3 rings (SSSR count). The molecule has 1 aliphatic rings. The van der Waals surface area contributed by atoms with E-state index in [9.17, 15) is 0 Å². The van der Waals surface area contributed by atoms with Crippen LogP contribution < -0.4 is 10.1 Å². The summed E-state index contributed by atoms with van der Waals surface area (Å²) in [4.78, 5) is 0. The zero-order valence-electron chi connectivity index (χ0n) is 11.7. The van der Waals surface area contributed by atoms with Crippen LogP contribution in [0, 0.1) is 13.8 Å². The van der Waals surface area contributed by atoms with Gasteiger partial charge in [0.2, 0.25) is 0 Å². The maximum atomic E-state index is 5.64. The number of benzene rings is 2. The van der Waals surface area contributed by atoms with Crippen LogP contribution in [0.5, 0.6) is 5.75 Å². The average Bonchev–Trinajstić information content (AvgIpc) is 2.85. The number of hydrogen-bond acceptors (Lipinski definition) is 2. The minimum atomic E-state index is 0.241. The Morgan fingerprint density at radius 3 is 2.63 bits per heavy atom. The maximum absolute atomic E-state index is 5.64. The number of methoxy groups -OCH3 is 1. The Morgan fingerprint density at radius 2 is 1.84 bits per heavy atom. The molecule has 2 heteroatoms. The summed E-state index contributed by atoms with van der Waals surface area (Å²) < 4.78 is 5.64. The van der Waals surface area contributed by atoms with Gasteiger partial charge < -0.3 is 10.1 Å². The summed E-state index contributed by atoms with van der Waals surface area (Å²) in [7, 11) is 1.76. The number of ether oxygens (including phenoxy) is 1. The first-order valence-electron chi connectivity index (χ1n) is 6.67. The lowest BCUT2D eigenvalue weighted by Gasteiger charge is -2.19. The molecule has 2 aromatic carbocycles. The van der Waals surface area contributed by atoms with Crippen LogP contribution in [0.4, 0.5) is 0 Å². The third-order valence-corrected chi connectivity index (χ3v) is 4.09. The summed E-state index contributed by atoms with van der Waals surface area (Å²) in [5.41, 5.74) is 6.48. The minimum absolute atomic E-state index is 0.241. The molecule has 98 valence electrons. The molecule has 1 heterocycles. The van der Waals surface area contributed by atoms with E-state index in [0.29, 0.717) is 0 Å². The van der Waals surface area contributed by atoms with Crippen molar-refractivity contribution in [3.8, 4) is 5.75 Å². The van der Waals surface area contributed by atoms with Gasteiger partial charge in [-0.25, -0.2) is 0 Å². The van der Waals surface area contributed by atoms with Crippen molar-refractivity contribution < 1.29 is 4.74 Å². The molecule has 2 nitrogen and oxygen atoms in total. The SMILES string of the molecule is COc1c(C2NCc3ccccc32)ccc(C)c1C. The molecule has 1 unspecified atom stereocenters. The van der Waals surface area contributed by atoms with Crippen LogP contribution >= 0.6 is 0 Å². The second-order valence-electron chi connectivity index (χ2n) is 5.14. The van der Waals surface area contributed by atoms with Crippen LogP contribution in [0.1, 0.15) is 33.9 Å². The Balaban J connectivity index is 2.12. The highest BCUT2D eigenvalue weighted by molar-refractivity contribution is 5.51. The van der Waals surface area contributed by atoms with E-state index in [0.717, 1.165) is 12.3 Å². The van der Waals surface area contributed by atoms with Gasteiger partial charge in [0.25, 0.3) is 0 Å². The monoisotopic (exact) mass is 253 g/mol. The molecule has 0 aromatic heterocycles. The van der Waals surface area contributed by atoms with E-state index in [2.05, 4.69) is 55.6 Å². The summed E-state index contributed by atoms with van der Waals surface area (Å²) in [6, 6.07) is 13.2. The van der Waals surface area contributed by atoms with Gasteiger partial charge in [-0.3, -0.25) is 0 Å². The highest BCUT2D eigenvalue weighted by atomic mass is 16.5. The van der Waals surface area contributed by atoms with Gasteiger partial charge in [-0.1, -0.05) is 36.4 Å². The molecule has 1 aliphatic heterocycles. The van der Waals surface area contributed by atoms with E-state index in [1.165, 1.54) is 27.8 Å². The number of rotatable bonds is 2. The van der Waals surface area contributed by atoms with Gasteiger partial charge in [-0.05, 0) is 36.1 Å². The lowest BCUT2D eigenvalue weighted by molar-refractivity contribution is 0.402. The summed E-state index contributed by atoms with van der Waals surface area (Å²) in [5.74, 6) is 1.01. The summed E-state index contributed by atoms with van der Waals surface area (Å²) in [6.07, 6.45) is 0. The zero-order chi connectivity index (χ0) is 13.4. The van der Waals surface area contributed by atoms with Crippen LogP contribution in [0.25, 0.3) is 0 Å². The lowest BCUT2D eigenvalue weighted by Crippen LogP contribution is -2.15. The van der Waals surface area contributed by atoms with Crippen LogP contribution in [-0.2, 0) is 6.54 Å². The molecule has 0 radical (unpaired) electrons. The molecular weight excluding hydrogens is 234 g/mol. The largest absolute Gasteiger partial charge is 0.496 e. The van der Waals surface area contributed by atoms with E-state index in [1.54, 1.807) is 7.11 Å². The quantitative estimate of drug-likeness (QED) is 0.884. The van der Waals surface area contributed by atoms with Crippen LogP contribution in [-0.4, -0.2) is 7.11 Å². The van der Waals surface area contributed by atoms with Gasteiger partial charge in [0, 0.05) is 12.1 Å². The van der Waals surface area contributed by atoms with E-state index in [1.807, 2.05) is 0 Å². The second kappa shape index (κ2) is 4.71. The Kier molecular flexibility index (Phi) is 3.03. The standard InChI is InChI=1S/C17H19NO/c1-11-8-9-15(17(19-3)12(11)2)16-14-7-5-4-6-13(14)10-18-16/h4-9,16,18H,10H2,1-3H3. The number of aryl methyl sites for hydroxylation is 1. The molecule has 0 amide bonds. The molecule has 19 heavy (non-hydrogen) atoms. The van der Waals surface area contributed by atoms with Crippen LogP contribution in [0.2, 0.25) is 0 Å². The predicted molar refractivity (Wildman–Crippen MR) is 77.6 cm³/mol. The Labute approximate surface area is 114 Å². The van der Waals surface area contributed by atoms with E-state index < -0.39 is 0 Å². The minimum Gasteiger partial charge on any atom is -0.496 e. The first-order valence-corrected chi connectivity index (χ1v) is 6.67. The van der Waals surface area contributed by atoms with Crippen molar-refractivity contribution in [2.24, 2.45) is 0 Å². The van der Waals surface area contributed by atoms with Gasteiger partial charge in [-0.2, -0.15) is 0 Å². The third kappa shape index (κ3) is 1.92. The maximum Gasteiger partial charge on any atom is 0.127 e. The number of hydrogen-bond donors (Lipinski definition) is 1. The van der Waals surface area contributed by atoms with E-state index in [-0.39, 0.29) is 6.04 Å². The molecule has 0 aliphatic carbocycles. The van der Waals surface area contributed by atoms with Gasteiger partial charge in [0.05, 0.1) is 13.2 Å². The van der Waals surface area contributed by atoms with Crippen molar-refractivity contribution >= 4 is 0 Å². The average molecular weight is 253 g/mol. The highest BCUT2D eigenvalue weighted by Crippen LogP contribution is 2.37. The Morgan fingerprint density at radius 1 is 1.05 bits per heavy atom. The zero-order valence-corrected chi connectivity index (χ0v) is 11.7. The molecule has 0 spiro atoms. The van der Waals surface area contributed by atoms with Crippen LogP contribution in [0.3, 0.4) is 0 Å². The predicted octanol–water partition coefficient (Wildman–Crippen LogP) is 3.50. The topological polar surface area (TPSA) is 21.3 Å². The first kappa shape index (κ1) is 12.2. The first-order chi connectivity index (χ1) is 9.22. The lowest BCUT2D eigenvalue weighted by atomic mass is 9.94. The molecule has 0 bridgehead atoms. The molecule has 2 aromatic rings. The molecule has 0 saturated heterocycles. The van der Waals surface area contributed by atoms with Crippen molar-refractivity contribution in [3.05, 3.63) is 64.2 Å². The summed E-state index contributed by atoms with van der Waals surface area (Å²) >= 11 is 0. The Bertz CT molecular complexity index is 619.